The molecular formula is C14H15N5OS. The average Bonchev–Trinajstić information content (AvgIpc) is 2.98. The lowest BCUT2D eigenvalue weighted by atomic mass is 10.2. The predicted octanol–water partition coefficient (Wildman–Crippen LogP) is 1.85. The average molecular weight is 301 g/mol. The van der Waals surface area contributed by atoms with Gasteiger partial charge in [0.25, 0.3) is 5.91 Å². The maximum absolute atomic E-state index is 12.2. The number of aryl methyl sites for hydroxylation is 1. The molecule has 2 heterocycles. The van der Waals surface area contributed by atoms with Crippen molar-refractivity contribution in [1.82, 2.24) is 20.1 Å². The van der Waals surface area contributed by atoms with Gasteiger partial charge in [0.2, 0.25) is 0 Å². The summed E-state index contributed by atoms with van der Waals surface area (Å²) in [6.45, 7) is 2.43. The highest BCUT2D eigenvalue weighted by molar-refractivity contribution is 7.22. The van der Waals surface area contributed by atoms with Crippen LogP contribution in [0.2, 0.25) is 0 Å². The lowest BCUT2D eigenvalue weighted by molar-refractivity contribution is 0.0951. The molecule has 0 fully saturated rings. The van der Waals surface area contributed by atoms with E-state index in [1.807, 2.05) is 26.1 Å². The zero-order valence-corrected chi connectivity index (χ0v) is 12.6. The molecule has 0 saturated carbocycles. The summed E-state index contributed by atoms with van der Waals surface area (Å²) in [6, 6.07) is 5.38. The number of carbonyl (C=O) groups is 1. The number of benzene rings is 1. The van der Waals surface area contributed by atoms with Crippen molar-refractivity contribution < 1.29 is 4.79 Å². The molecule has 3 aromatic rings. The first-order chi connectivity index (χ1) is 10.0. The Bertz CT molecular complexity index is 820. The van der Waals surface area contributed by atoms with Gasteiger partial charge in [-0.15, -0.1) is 0 Å². The van der Waals surface area contributed by atoms with Crippen LogP contribution in [-0.4, -0.2) is 20.7 Å². The van der Waals surface area contributed by atoms with Gasteiger partial charge in [0.05, 0.1) is 16.4 Å². The smallest absolute Gasteiger partial charge is 0.251 e. The zero-order valence-electron chi connectivity index (χ0n) is 11.8. The molecule has 6 nitrogen and oxygen atoms in total. The number of nitrogen functional groups attached to an aromatic ring is 1. The lowest BCUT2D eigenvalue weighted by Crippen LogP contribution is -2.22. The quantitative estimate of drug-likeness (QED) is 0.773. The summed E-state index contributed by atoms with van der Waals surface area (Å²) in [5.74, 6) is -0.118. The number of aromatic nitrogens is 3. The van der Waals surface area contributed by atoms with Crippen molar-refractivity contribution in [2.24, 2.45) is 7.05 Å². The van der Waals surface area contributed by atoms with E-state index in [1.54, 1.807) is 16.9 Å². The molecule has 108 valence electrons. The van der Waals surface area contributed by atoms with Crippen LogP contribution in [0.15, 0.2) is 24.4 Å². The fourth-order valence-electron chi connectivity index (χ4n) is 2.08. The van der Waals surface area contributed by atoms with Crippen LogP contribution in [0.1, 0.15) is 21.6 Å². The summed E-state index contributed by atoms with van der Waals surface area (Å²) in [6.07, 6.45) is 1.77. The first-order valence-corrected chi connectivity index (χ1v) is 7.28. The van der Waals surface area contributed by atoms with Crippen molar-refractivity contribution >= 4 is 32.6 Å². The third-order valence-electron chi connectivity index (χ3n) is 3.44. The second-order valence-corrected chi connectivity index (χ2v) is 5.86. The maximum Gasteiger partial charge on any atom is 0.251 e. The van der Waals surface area contributed by atoms with E-state index in [0.29, 0.717) is 17.2 Å². The molecule has 0 atom stereocenters. The van der Waals surface area contributed by atoms with Crippen LogP contribution >= 0.6 is 11.3 Å². The first kappa shape index (κ1) is 13.6. The van der Waals surface area contributed by atoms with Gasteiger partial charge < -0.3 is 11.1 Å². The third-order valence-corrected chi connectivity index (χ3v) is 4.29. The van der Waals surface area contributed by atoms with Crippen LogP contribution in [-0.2, 0) is 13.6 Å². The minimum atomic E-state index is -0.118. The van der Waals surface area contributed by atoms with Gasteiger partial charge in [-0.2, -0.15) is 5.10 Å². The van der Waals surface area contributed by atoms with Gasteiger partial charge in [0.15, 0.2) is 5.13 Å². The molecule has 0 aliphatic carbocycles. The minimum absolute atomic E-state index is 0.118. The SMILES string of the molecule is Cc1c(CNC(=O)c2ccc3nc(N)sc3c2)cnn1C. The second-order valence-electron chi connectivity index (χ2n) is 4.80. The van der Waals surface area contributed by atoms with Crippen LogP contribution in [0.5, 0.6) is 0 Å². The Kier molecular flexibility index (Phi) is 3.34. The standard InChI is InChI=1S/C14H15N5OS/c1-8-10(7-17-19(8)2)6-16-13(20)9-3-4-11-12(5-9)21-14(15)18-11/h3-5,7H,6H2,1-2H3,(H2,15,18)(H,16,20). The van der Waals surface area contributed by atoms with Crippen LogP contribution in [0.25, 0.3) is 10.2 Å². The van der Waals surface area contributed by atoms with Gasteiger partial charge in [-0.1, -0.05) is 11.3 Å². The molecular weight excluding hydrogens is 286 g/mol. The molecule has 0 bridgehead atoms. The van der Waals surface area contributed by atoms with E-state index in [4.69, 9.17) is 5.73 Å². The number of nitrogens with two attached hydrogens (primary N) is 1. The Hall–Kier alpha value is -2.41. The van der Waals surface area contributed by atoms with E-state index in [-0.39, 0.29) is 5.91 Å². The molecule has 0 aliphatic heterocycles. The Labute approximate surface area is 125 Å². The second kappa shape index (κ2) is 5.17. The summed E-state index contributed by atoms with van der Waals surface area (Å²) in [5, 5.41) is 7.56. The largest absolute Gasteiger partial charge is 0.375 e. The fraction of sp³-hybridized carbons (Fsp3) is 0.214. The van der Waals surface area contributed by atoms with Gasteiger partial charge >= 0.3 is 0 Å². The normalized spacial score (nSPS) is 11.0. The van der Waals surface area contributed by atoms with E-state index in [0.717, 1.165) is 21.5 Å². The molecule has 1 aromatic carbocycles. The van der Waals surface area contributed by atoms with Gasteiger partial charge in [0.1, 0.15) is 0 Å². The highest BCUT2D eigenvalue weighted by atomic mass is 32.1. The van der Waals surface area contributed by atoms with Crippen molar-refractivity contribution in [1.29, 1.82) is 0 Å². The number of hydrogen-bond acceptors (Lipinski definition) is 5. The Balaban J connectivity index is 1.75. The summed E-state index contributed by atoms with van der Waals surface area (Å²) >= 11 is 1.38. The number of fused-ring (bicyclic) bond motifs is 1. The summed E-state index contributed by atoms with van der Waals surface area (Å²) in [4.78, 5) is 16.4. The zero-order chi connectivity index (χ0) is 15.0. The Morgan fingerprint density at radius 2 is 2.29 bits per heavy atom. The van der Waals surface area contributed by atoms with Crippen LogP contribution in [0.3, 0.4) is 0 Å². The number of hydrogen-bond donors (Lipinski definition) is 2. The highest BCUT2D eigenvalue weighted by Gasteiger charge is 2.10. The van der Waals surface area contributed by atoms with Gasteiger partial charge in [-0.3, -0.25) is 9.48 Å². The molecule has 2 aromatic heterocycles. The molecule has 0 saturated heterocycles. The van der Waals surface area contributed by atoms with Crippen molar-refractivity contribution in [3.8, 4) is 0 Å². The Morgan fingerprint density at radius 1 is 1.48 bits per heavy atom. The van der Waals surface area contributed by atoms with Gasteiger partial charge in [-0.05, 0) is 25.1 Å². The minimum Gasteiger partial charge on any atom is -0.375 e. The molecule has 0 radical (unpaired) electrons. The molecule has 0 unspecified atom stereocenters. The van der Waals surface area contributed by atoms with Crippen molar-refractivity contribution in [2.75, 3.05) is 5.73 Å². The summed E-state index contributed by atoms with van der Waals surface area (Å²) in [5.41, 5.74) is 9.14. The molecule has 7 heteroatoms. The van der Waals surface area contributed by atoms with Crippen LogP contribution < -0.4 is 11.1 Å². The number of nitrogens with one attached hydrogen (secondary N) is 1. The van der Waals surface area contributed by atoms with Crippen molar-refractivity contribution in [2.45, 2.75) is 13.5 Å². The van der Waals surface area contributed by atoms with Crippen molar-refractivity contribution in [3.05, 3.63) is 41.2 Å². The number of anilines is 1. The van der Waals surface area contributed by atoms with E-state index < -0.39 is 0 Å². The highest BCUT2D eigenvalue weighted by Crippen LogP contribution is 2.24. The van der Waals surface area contributed by atoms with Crippen molar-refractivity contribution in [3.63, 3.8) is 0 Å². The monoisotopic (exact) mass is 301 g/mol. The maximum atomic E-state index is 12.2. The summed E-state index contributed by atoms with van der Waals surface area (Å²) in [7, 11) is 1.88. The number of thiazole rings is 1. The number of nitrogens with zero attached hydrogens (tertiary/aromatic N) is 3. The molecule has 21 heavy (non-hydrogen) atoms. The van der Waals surface area contributed by atoms with Crippen LogP contribution in [0.4, 0.5) is 5.13 Å². The molecule has 3 N–H and O–H groups in total. The number of amides is 1. The predicted molar refractivity (Wildman–Crippen MR) is 83.1 cm³/mol. The lowest BCUT2D eigenvalue weighted by Gasteiger charge is -2.05. The van der Waals surface area contributed by atoms with E-state index >= 15 is 0 Å². The molecule has 0 spiro atoms. The molecule has 3 rings (SSSR count). The molecule has 1 amide bonds. The topological polar surface area (TPSA) is 85.8 Å². The first-order valence-electron chi connectivity index (χ1n) is 6.46. The third kappa shape index (κ3) is 2.59. The Morgan fingerprint density at radius 3 is 3.00 bits per heavy atom. The van der Waals surface area contributed by atoms with E-state index in [2.05, 4.69) is 15.4 Å². The number of carbonyl (C=O) groups excluding carboxylic acids is 1. The van der Waals surface area contributed by atoms with Crippen LogP contribution in [0, 0.1) is 6.92 Å². The van der Waals surface area contributed by atoms with E-state index in [1.165, 1.54) is 11.3 Å². The number of rotatable bonds is 3. The summed E-state index contributed by atoms with van der Waals surface area (Å²) < 4.78 is 2.70. The van der Waals surface area contributed by atoms with E-state index in [9.17, 15) is 4.79 Å². The van der Waals surface area contributed by atoms with Gasteiger partial charge in [-0.25, -0.2) is 4.98 Å². The molecule has 0 aliphatic rings. The van der Waals surface area contributed by atoms with Gasteiger partial charge in [0, 0.05) is 30.4 Å². The fourth-order valence-corrected chi connectivity index (χ4v) is 2.85.